The molecule has 1 aliphatic heterocycles. The Morgan fingerprint density at radius 1 is 1.29 bits per heavy atom. The van der Waals surface area contributed by atoms with E-state index in [1.54, 1.807) is 12.3 Å². The molecule has 0 spiro atoms. The molecule has 2 aliphatic rings. The molecule has 31 heavy (non-hydrogen) atoms. The lowest BCUT2D eigenvalue weighted by molar-refractivity contribution is -0.142. The van der Waals surface area contributed by atoms with E-state index in [2.05, 4.69) is 42.0 Å². The smallest absolute Gasteiger partial charge is 0.228 e. The summed E-state index contributed by atoms with van der Waals surface area (Å²) >= 11 is 0. The third-order valence-electron chi connectivity index (χ3n) is 6.67. The van der Waals surface area contributed by atoms with Gasteiger partial charge in [-0.15, -0.1) is 6.58 Å². The number of carbonyl (C=O) groups is 2. The number of benzene rings is 1. The maximum atomic E-state index is 13.3. The van der Waals surface area contributed by atoms with Gasteiger partial charge in [-0.2, -0.15) is 0 Å². The zero-order valence-corrected chi connectivity index (χ0v) is 18.2. The minimum absolute atomic E-state index is 0.0144. The maximum Gasteiger partial charge on any atom is 0.228 e. The first-order chi connectivity index (χ1) is 15.0. The van der Waals surface area contributed by atoms with Crippen LogP contribution in [0.5, 0.6) is 0 Å². The number of carbonyl (C=O) groups excluding carboxylic acids is 2. The van der Waals surface area contributed by atoms with Crippen LogP contribution in [0.1, 0.15) is 31.7 Å². The highest BCUT2D eigenvalue weighted by atomic mass is 16.2. The van der Waals surface area contributed by atoms with Gasteiger partial charge in [0.05, 0.1) is 5.41 Å². The minimum Gasteiger partial charge on any atom is -0.352 e. The predicted octanol–water partition coefficient (Wildman–Crippen LogP) is 3.86. The van der Waals surface area contributed by atoms with Gasteiger partial charge in [0.1, 0.15) is 0 Å². The summed E-state index contributed by atoms with van der Waals surface area (Å²) in [5.74, 6) is 0.841. The Morgan fingerprint density at radius 2 is 2.10 bits per heavy atom. The molecule has 2 amide bonds. The number of hydrogen-bond acceptors (Lipinski definition) is 3. The Kier molecular flexibility index (Phi) is 6.21. The van der Waals surface area contributed by atoms with Gasteiger partial charge in [0, 0.05) is 37.9 Å². The average Bonchev–Trinajstić information content (AvgIpc) is 3.54. The van der Waals surface area contributed by atoms with Crippen LogP contribution in [-0.4, -0.2) is 41.3 Å². The second-order valence-electron chi connectivity index (χ2n) is 9.08. The predicted molar refractivity (Wildman–Crippen MR) is 122 cm³/mol. The minimum atomic E-state index is -0.622. The van der Waals surface area contributed by atoms with Crippen molar-refractivity contribution in [2.24, 2.45) is 17.3 Å². The summed E-state index contributed by atoms with van der Waals surface area (Å²) in [6.07, 6.45) is 8.51. The first-order valence-corrected chi connectivity index (χ1v) is 11.2. The van der Waals surface area contributed by atoms with E-state index in [-0.39, 0.29) is 17.7 Å². The summed E-state index contributed by atoms with van der Waals surface area (Å²) < 4.78 is 0. The lowest BCUT2D eigenvalue weighted by Crippen LogP contribution is -2.54. The van der Waals surface area contributed by atoms with Crippen LogP contribution in [0, 0.1) is 17.3 Å². The fourth-order valence-corrected chi connectivity index (χ4v) is 4.77. The highest BCUT2D eigenvalue weighted by Gasteiger charge is 2.47. The summed E-state index contributed by atoms with van der Waals surface area (Å²) in [7, 11) is 0. The van der Waals surface area contributed by atoms with Crippen LogP contribution in [-0.2, 0) is 16.0 Å². The lowest BCUT2D eigenvalue weighted by Gasteiger charge is -2.42. The molecule has 2 heterocycles. The molecule has 0 radical (unpaired) electrons. The third-order valence-corrected chi connectivity index (χ3v) is 6.67. The molecule has 5 nitrogen and oxygen atoms in total. The van der Waals surface area contributed by atoms with E-state index in [0.717, 1.165) is 42.5 Å². The van der Waals surface area contributed by atoms with Gasteiger partial charge in [-0.1, -0.05) is 43.3 Å². The van der Waals surface area contributed by atoms with E-state index in [1.807, 2.05) is 29.3 Å². The van der Waals surface area contributed by atoms with Gasteiger partial charge in [0.2, 0.25) is 11.8 Å². The zero-order chi connectivity index (χ0) is 21.8. The third kappa shape index (κ3) is 4.71. The topological polar surface area (TPSA) is 62.3 Å². The van der Waals surface area contributed by atoms with Crippen molar-refractivity contribution >= 4 is 11.8 Å². The van der Waals surface area contributed by atoms with Crippen LogP contribution in [0.4, 0.5) is 0 Å². The first kappa shape index (κ1) is 21.3. The lowest BCUT2D eigenvalue weighted by atomic mass is 9.73. The van der Waals surface area contributed by atoms with Gasteiger partial charge in [0.25, 0.3) is 0 Å². The second-order valence-corrected chi connectivity index (χ2v) is 9.08. The number of aromatic nitrogens is 1. The van der Waals surface area contributed by atoms with Crippen LogP contribution >= 0.6 is 0 Å². The summed E-state index contributed by atoms with van der Waals surface area (Å²) in [6.45, 7) is 7.51. The van der Waals surface area contributed by atoms with Gasteiger partial charge >= 0.3 is 0 Å². The monoisotopic (exact) mass is 417 g/mol. The van der Waals surface area contributed by atoms with E-state index in [9.17, 15) is 9.59 Å². The molecule has 1 saturated heterocycles. The van der Waals surface area contributed by atoms with Gasteiger partial charge in [0.15, 0.2) is 0 Å². The number of likely N-dealkylation sites (tertiary alicyclic amines) is 1. The number of nitrogens with zero attached hydrogens (tertiary/aromatic N) is 2. The van der Waals surface area contributed by atoms with E-state index >= 15 is 0 Å². The Labute approximate surface area is 184 Å². The molecule has 2 fully saturated rings. The van der Waals surface area contributed by atoms with Crippen LogP contribution in [0.25, 0.3) is 11.1 Å². The normalized spacial score (nSPS) is 25.0. The molecular formula is C26H31N3O2. The summed E-state index contributed by atoms with van der Waals surface area (Å²) in [6, 6.07) is 12.3. The number of nitrogens with one attached hydrogen (secondary N) is 1. The number of rotatable bonds is 7. The molecule has 1 saturated carbocycles. The van der Waals surface area contributed by atoms with Crippen LogP contribution in [0.2, 0.25) is 0 Å². The molecule has 1 aromatic heterocycles. The Balaban J connectivity index is 1.60. The molecular weight excluding hydrogens is 386 g/mol. The summed E-state index contributed by atoms with van der Waals surface area (Å²) in [4.78, 5) is 32.5. The van der Waals surface area contributed by atoms with Crippen LogP contribution in [0.3, 0.4) is 0 Å². The van der Waals surface area contributed by atoms with Gasteiger partial charge in [-0.3, -0.25) is 14.6 Å². The van der Waals surface area contributed by atoms with Crippen molar-refractivity contribution in [1.82, 2.24) is 15.2 Å². The highest BCUT2D eigenvalue weighted by molar-refractivity contribution is 5.86. The van der Waals surface area contributed by atoms with Crippen molar-refractivity contribution in [3.05, 3.63) is 67.0 Å². The molecule has 1 aromatic carbocycles. The van der Waals surface area contributed by atoms with Crippen molar-refractivity contribution < 1.29 is 9.59 Å². The van der Waals surface area contributed by atoms with E-state index in [4.69, 9.17) is 0 Å². The number of amides is 2. The molecule has 4 rings (SSSR count). The highest BCUT2D eigenvalue weighted by Crippen LogP contribution is 2.42. The van der Waals surface area contributed by atoms with Crippen molar-refractivity contribution in [3.63, 3.8) is 0 Å². The van der Waals surface area contributed by atoms with Gasteiger partial charge in [-0.25, -0.2) is 0 Å². The quantitative estimate of drug-likeness (QED) is 0.696. The van der Waals surface area contributed by atoms with Crippen molar-refractivity contribution in [2.45, 2.75) is 32.6 Å². The van der Waals surface area contributed by atoms with Gasteiger partial charge in [-0.05, 0) is 54.4 Å². The molecule has 3 unspecified atom stereocenters. The summed E-state index contributed by atoms with van der Waals surface area (Å²) in [5, 5.41) is 3.02. The number of pyridine rings is 1. The van der Waals surface area contributed by atoms with Crippen molar-refractivity contribution in [3.8, 4) is 11.1 Å². The fourth-order valence-electron chi connectivity index (χ4n) is 4.77. The maximum absolute atomic E-state index is 13.3. The average molecular weight is 418 g/mol. The molecule has 162 valence electrons. The summed E-state index contributed by atoms with van der Waals surface area (Å²) in [5.41, 5.74) is 2.62. The largest absolute Gasteiger partial charge is 0.352 e. The Bertz CT molecular complexity index is 958. The van der Waals surface area contributed by atoms with E-state index < -0.39 is 5.41 Å². The van der Waals surface area contributed by atoms with Crippen LogP contribution < -0.4 is 5.32 Å². The zero-order valence-electron chi connectivity index (χ0n) is 18.2. The molecule has 3 atom stereocenters. The second kappa shape index (κ2) is 9.04. The molecule has 0 bridgehead atoms. The van der Waals surface area contributed by atoms with Crippen molar-refractivity contribution in [2.75, 3.05) is 19.6 Å². The SMILES string of the molecule is C=CCNC(=O)C1(Cc2cccc(-c3cccnc3)c2)CCCN(C(=O)C2CC2C)C1. The fraction of sp³-hybridized carbons (Fsp3) is 0.423. The molecule has 1 N–H and O–H groups in total. The molecule has 2 aromatic rings. The van der Waals surface area contributed by atoms with Crippen molar-refractivity contribution in [1.29, 1.82) is 0 Å². The number of hydrogen-bond donors (Lipinski definition) is 1. The molecule has 1 aliphatic carbocycles. The van der Waals surface area contributed by atoms with Crippen LogP contribution in [0.15, 0.2) is 61.4 Å². The Morgan fingerprint density at radius 3 is 2.81 bits per heavy atom. The first-order valence-electron chi connectivity index (χ1n) is 11.2. The standard InChI is InChI=1S/C26H31N3O2/c1-3-11-28-25(31)26(10-6-13-29(18-26)24(30)23-14-19(23)2)16-20-7-4-8-21(15-20)22-9-5-12-27-17-22/h3-5,7-9,12,15,17,19,23H,1,6,10-11,13-14,16,18H2,2H3,(H,28,31). The Hall–Kier alpha value is -2.95. The number of piperidine rings is 1. The van der Waals surface area contributed by atoms with Gasteiger partial charge < -0.3 is 10.2 Å². The van der Waals surface area contributed by atoms with E-state index in [1.165, 1.54) is 0 Å². The van der Waals surface area contributed by atoms with E-state index in [0.29, 0.717) is 25.4 Å². The molecule has 5 heteroatoms.